The second-order valence-corrected chi connectivity index (χ2v) is 7.56. The van der Waals surface area contributed by atoms with E-state index in [2.05, 4.69) is 5.32 Å². The molecule has 1 aromatic rings. The highest BCUT2D eigenvalue weighted by Gasteiger charge is 2.36. The van der Waals surface area contributed by atoms with Crippen molar-refractivity contribution in [3.8, 4) is 0 Å². The molecular formula is C13H18N2O3S2. The average molecular weight is 314 g/mol. The molecule has 5 nitrogen and oxygen atoms in total. The molecule has 7 heteroatoms. The van der Waals surface area contributed by atoms with E-state index in [0.29, 0.717) is 18.7 Å². The van der Waals surface area contributed by atoms with Gasteiger partial charge in [-0.25, -0.2) is 8.42 Å². The summed E-state index contributed by atoms with van der Waals surface area (Å²) in [6, 6.07) is 6.89. The molecule has 1 N–H and O–H groups in total. The first-order valence-corrected chi connectivity index (χ1v) is 9.41. The van der Waals surface area contributed by atoms with Gasteiger partial charge in [-0.1, -0.05) is 0 Å². The van der Waals surface area contributed by atoms with Crippen molar-refractivity contribution in [2.75, 3.05) is 24.4 Å². The minimum absolute atomic E-state index is 0.259. The van der Waals surface area contributed by atoms with Gasteiger partial charge in [0.15, 0.2) is 0 Å². The lowest BCUT2D eigenvalue weighted by molar-refractivity contribution is -0.119. The second-order valence-electron chi connectivity index (χ2n) is 4.75. The van der Waals surface area contributed by atoms with Crippen LogP contribution in [0.3, 0.4) is 0 Å². The van der Waals surface area contributed by atoms with E-state index >= 15 is 0 Å². The maximum Gasteiger partial charge on any atom is 0.242 e. The number of rotatable bonds is 4. The smallest absolute Gasteiger partial charge is 0.242 e. The molecule has 2 rings (SSSR count). The van der Waals surface area contributed by atoms with Crippen LogP contribution in [0.2, 0.25) is 0 Å². The molecule has 0 spiro atoms. The van der Waals surface area contributed by atoms with E-state index in [-0.39, 0.29) is 5.91 Å². The first-order chi connectivity index (χ1) is 9.41. The largest absolute Gasteiger partial charge is 0.325 e. The Morgan fingerprint density at radius 2 is 2.00 bits per heavy atom. The summed E-state index contributed by atoms with van der Waals surface area (Å²) < 4.78 is 24.5. The predicted molar refractivity (Wildman–Crippen MR) is 81.4 cm³/mol. The van der Waals surface area contributed by atoms with Crippen LogP contribution in [-0.4, -0.2) is 43.7 Å². The molecular weight excluding hydrogens is 296 g/mol. The Labute approximate surface area is 123 Å². The third-order valence-electron chi connectivity index (χ3n) is 3.29. The molecule has 1 heterocycles. The van der Waals surface area contributed by atoms with Crippen molar-refractivity contribution < 1.29 is 13.2 Å². The first-order valence-electron chi connectivity index (χ1n) is 6.33. The van der Waals surface area contributed by atoms with Crippen LogP contribution in [0.15, 0.2) is 29.2 Å². The van der Waals surface area contributed by atoms with Gasteiger partial charge in [-0.3, -0.25) is 4.79 Å². The van der Waals surface area contributed by atoms with Gasteiger partial charge >= 0.3 is 0 Å². The van der Waals surface area contributed by atoms with Gasteiger partial charge in [0.25, 0.3) is 0 Å². The number of carbonyl (C=O) groups is 1. The van der Waals surface area contributed by atoms with Crippen molar-refractivity contribution in [3.05, 3.63) is 24.3 Å². The van der Waals surface area contributed by atoms with Crippen LogP contribution in [-0.2, 0) is 14.8 Å². The van der Waals surface area contributed by atoms with Crippen molar-refractivity contribution in [1.82, 2.24) is 4.31 Å². The number of hydrogen-bond donors (Lipinski definition) is 1. The zero-order chi connectivity index (χ0) is 14.8. The van der Waals surface area contributed by atoms with Gasteiger partial charge in [-0.05, 0) is 43.4 Å². The molecule has 1 aromatic carbocycles. The summed E-state index contributed by atoms with van der Waals surface area (Å²) in [5.41, 5.74) is 0.688. The molecule has 20 heavy (non-hydrogen) atoms. The molecule has 0 radical (unpaired) electrons. The number of thioether (sulfide) groups is 1. The van der Waals surface area contributed by atoms with Gasteiger partial charge in [0.2, 0.25) is 15.9 Å². The number of nitrogens with one attached hydrogen (secondary N) is 1. The van der Waals surface area contributed by atoms with Crippen LogP contribution in [0.5, 0.6) is 0 Å². The summed E-state index contributed by atoms with van der Waals surface area (Å²) in [4.78, 5) is 13.3. The molecule has 1 unspecified atom stereocenters. The molecule has 1 amide bonds. The topological polar surface area (TPSA) is 66.5 Å². The highest BCUT2D eigenvalue weighted by Crippen LogP contribution is 2.23. The Balaban J connectivity index is 2.07. The quantitative estimate of drug-likeness (QED) is 0.860. The summed E-state index contributed by atoms with van der Waals surface area (Å²) in [6.45, 7) is 0.419. The number of carbonyl (C=O) groups excluding carboxylic acids is 1. The van der Waals surface area contributed by atoms with Gasteiger partial charge in [0.05, 0.1) is 6.26 Å². The van der Waals surface area contributed by atoms with Gasteiger partial charge in [-0.2, -0.15) is 4.31 Å². The van der Waals surface area contributed by atoms with Gasteiger partial charge in [-0.15, -0.1) is 11.8 Å². The Hall–Kier alpha value is -1.05. The molecule has 0 aromatic heterocycles. The van der Waals surface area contributed by atoms with Crippen molar-refractivity contribution in [3.63, 3.8) is 0 Å². The average Bonchev–Trinajstić information content (AvgIpc) is 2.89. The normalized spacial score (nSPS) is 20.0. The van der Waals surface area contributed by atoms with Crippen LogP contribution >= 0.6 is 11.8 Å². The SMILES string of the molecule is CSc1ccc(NC(=O)C2CCCN2S(C)(=O)=O)cc1. The Morgan fingerprint density at radius 3 is 2.55 bits per heavy atom. The lowest BCUT2D eigenvalue weighted by Gasteiger charge is -2.21. The van der Waals surface area contributed by atoms with Gasteiger partial charge in [0, 0.05) is 17.1 Å². The van der Waals surface area contributed by atoms with E-state index in [9.17, 15) is 13.2 Å². The standard InChI is InChI=1S/C13H18N2O3S2/c1-19-11-7-5-10(6-8-11)14-13(16)12-4-3-9-15(12)20(2,17)18/h5-8,12H,3-4,9H2,1-2H3,(H,14,16). The first kappa shape index (κ1) is 15.3. The van der Waals surface area contributed by atoms with Crippen molar-refractivity contribution >= 4 is 33.4 Å². The number of benzene rings is 1. The number of hydrogen-bond acceptors (Lipinski definition) is 4. The predicted octanol–water partition coefficient (Wildman–Crippen LogP) is 1.77. The summed E-state index contributed by atoms with van der Waals surface area (Å²) in [5.74, 6) is -0.259. The van der Waals surface area contributed by atoms with E-state index < -0.39 is 16.1 Å². The molecule has 0 bridgehead atoms. The molecule has 110 valence electrons. The zero-order valence-corrected chi connectivity index (χ0v) is 13.1. The van der Waals surface area contributed by atoms with E-state index in [1.54, 1.807) is 11.8 Å². The molecule has 1 fully saturated rings. The second kappa shape index (κ2) is 6.15. The molecule has 1 saturated heterocycles. The molecule has 1 atom stereocenters. The fourth-order valence-corrected chi connectivity index (χ4v) is 3.83. The molecule has 0 aliphatic carbocycles. The summed E-state index contributed by atoms with van der Waals surface area (Å²) in [6.07, 6.45) is 4.42. The van der Waals surface area contributed by atoms with Crippen LogP contribution in [0.1, 0.15) is 12.8 Å². The highest BCUT2D eigenvalue weighted by molar-refractivity contribution is 7.98. The van der Waals surface area contributed by atoms with Crippen molar-refractivity contribution in [2.45, 2.75) is 23.8 Å². The van der Waals surface area contributed by atoms with Gasteiger partial charge < -0.3 is 5.32 Å². The third kappa shape index (κ3) is 3.53. The number of nitrogens with zero attached hydrogens (tertiary/aromatic N) is 1. The minimum atomic E-state index is -3.33. The number of sulfonamides is 1. The molecule has 1 aliphatic rings. The van der Waals surface area contributed by atoms with E-state index in [1.165, 1.54) is 4.31 Å². The summed E-state index contributed by atoms with van der Waals surface area (Å²) >= 11 is 1.63. The monoisotopic (exact) mass is 314 g/mol. The minimum Gasteiger partial charge on any atom is -0.325 e. The van der Waals surface area contributed by atoms with E-state index in [1.807, 2.05) is 30.5 Å². The van der Waals surface area contributed by atoms with Crippen LogP contribution in [0.4, 0.5) is 5.69 Å². The lowest BCUT2D eigenvalue weighted by atomic mass is 10.2. The fraction of sp³-hybridized carbons (Fsp3) is 0.462. The number of anilines is 1. The Morgan fingerprint density at radius 1 is 1.35 bits per heavy atom. The maximum absolute atomic E-state index is 12.2. The third-order valence-corrected chi connectivity index (χ3v) is 5.32. The van der Waals surface area contributed by atoms with E-state index in [0.717, 1.165) is 17.6 Å². The zero-order valence-electron chi connectivity index (χ0n) is 11.5. The fourth-order valence-electron chi connectivity index (χ4n) is 2.30. The highest BCUT2D eigenvalue weighted by atomic mass is 32.2. The summed E-state index contributed by atoms with van der Waals surface area (Å²) in [7, 11) is -3.33. The van der Waals surface area contributed by atoms with Crippen molar-refractivity contribution in [2.24, 2.45) is 0 Å². The Bertz CT molecular complexity index is 584. The van der Waals surface area contributed by atoms with Crippen LogP contribution in [0, 0.1) is 0 Å². The van der Waals surface area contributed by atoms with Gasteiger partial charge in [0.1, 0.15) is 6.04 Å². The Kier molecular flexibility index (Phi) is 4.72. The molecule has 0 saturated carbocycles. The van der Waals surface area contributed by atoms with Crippen LogP contribution in [0.25, 0.3) is 0 Å². The number of amides is 1. The van der Waals surface area contributed by atoms with Crippen LogP contribution < -0.4 is 5.32 Å². The summed E-state index contributed by atoms with van der Waals surface area (Å²) in [5, 5.41) is 2.78. The lowest BCUT2D eigenvalue weighted by Crippen LogP contribution is -2.42. The van der Waals surface area contributed by atoms with E-state index in [4.69, 9.17) is 0 Å². The van der Waals surface area contributed by atoms with Crippen molar-refractivity contribution in [1.29, 1.82) is 0 Å². The maximum atomic E-state index is 12.2. The molecule has 1 aliphatic heterocycles.